The Kier molecular flexibility index (Phi) is 4.71. The molecule has 4 atom stereocenters. The van der Waals surface area contributed by atoms with Crippen molar-refractivity contribution in [3.8, 4) is 11.4 Å². The highest BCUT2D eigenvalue weighted by Gasteiger charge is 2.43. The Morgan fingerprint density at radius 2 is 2.14 bits per heavy atom. The number of hydrogen-bond donors (Lipinski definition) is 1. The molecule has 9 heteroatoms. The first kappa shape index (κ1) is 18.5. The minimum absolute atomic E-state index is 0.113. The van der Waals surface area contributed by atoms with Gasteiger partial charge in [-0.05, 0) is 36.1 Å². The number of hydrogen-bond acceptors (Lipinski definition) is 6. The zero-order valence-corrected chi connectivity index (χ0v) is 17.1. The van der Waals surface area contributed by atoms with Gasteiger partial charge in [-0.15, -0.1) is 16.4 Å². The minimum Gasteiger partial charge on any atom is -0.391 e. The van der Waals surface area contributed by atoms with Crippen molar-refractivity contribution in [2.75, 3.05) is 13.1 Å². The molecule has 1 saturated carbocycles. The van der Waals surface area contributed by atoms with E-state index in [1.165, 1.54) is 0 Å². The van der Waals surface area contributed by atoms with E-state index in [0.29, 0.717) is 24.7 Å². The van der Waals surface area contributed by atoms with Gasteiger partial charge in [0.05, 0.1) is 43.0 Å². The van der Waals surface area contributed by atoms with Crippen molar-refractivity contribution in [1.29, 1.82) is 0 Å². The number of likely N-dealkylation sites (tertiary alicyclic amines) is 1. The molecule has 152 valence electrons. The molecule has 1 N–H and O–H groups in total. The lowest BCUT2D eigenvalue weighted by atomic mass is 9.77. The van der Waals surface area contributed by atoms with Crippen LogP contribution in [0.2, 0.25) is 0 Å². The molecular formula is C20H24N6O2S. The summed E-state index contributed by atoms with van der Waals surface area (Å²) in [6.45, 7) is 1.51. The van der Waals surface area contributed by atoms with E-state index in [9.17, 15) is 9.90 Å². The zero-order chi connectivity index (χ0) is 20.0. The van der Waals surface area contributed by atoms with E-state index in [1.54, 1.807) is 28.5 Å². The molecule has 5 rings (SSSR count). The van der Waals surface area contributed by atoms with Crippen molar-refractivity contribution < 1.29 is 9.90 Å². The average molecular weight is 413 g/mol. The number of fused-ring (bicyclic) bond motifs is 1. The van der Waals surface area contributed by atoms with Gasteiger partial charge < -0.3 is 14.6 Å². The summed E-state index contributed by atoms with van der Waals surface area (Å²) in [5.41, 5.74) is 1.64. The van der Waals surface area contributed by atoms with Crippen LogP contribution < -0.4 is 0 Å². The Bertz CT molecular complexity index is 996. The lowest BCUT2D eigenvalue weighted by Gasteiger charge is -2.34. The Labute approximate surface area is 172 Å². The molecule has 1 aliphatic carbocycles. The van der Waals surface area contributed by atoms with Crippen LogP contribution in [0.3, 0.4) is 0 Å². The number of carbonyl (C=O) groups excluding carboxylic acids is 1. The van der Waals surface area contributed by atoms with Crippen molar-refractivity contribution in [3.05, 3.63) is 41.1 Å². The predicted molar refractivity (Wildman–Crippen MR) is 108 cm³/mol. The van der Waals surface area contributed by atoms with Gasteiger partial charge in [0.15, 0.2) is 0 Å². The summed E-state index contributed by atoms with van der Waals surface area (Å²) in [6, 6.07) is 3.88. The lowest BCUT2D eigenvalue weighted by Crippen LogP contribution is -2.36. The van der Waals surface area contributed by atoms with Gasteiger partial charge in [-0.2, -0.15) is 0 Å². The number of imidazole rings is 1. The molecule has 2 aliphatic rings. The first-order valence-electron chi connectivity index (χ1n) is 9.95. The summed E-state index contributed by atoms with van der Waals surface area (Å²) < 4.78 is 3.69. The number of amides is 1. The molecule has 3 aromatic rings. The van der Waals surface area contributed by atoms with Gasteiger partial charge in [-0.1, -0.05) is 11.3 Å². The highest BCUT2D eigenvalue weighted by molar-refractivity contribution is 7.10. The SMILES string of the molecule is Cn1cncc1-c1cn([C@@H]2C[C@@H]3CN(C(=O)Cc4cccs4)C[C@@H]3C[C@H]2O)nn1. The number of carbonyl (C=O) groups is 1. The molecule has 1 amide bonds. The molecule has 0 spiro atoms. The Hall–Kier alpha value is -2.52. The van der Waals surface area contributed by atoms with Crippen LogP contribution in [0.4, 0.5) is 0 Å². The molecule has 29 heavy (non-hydrogen) atoms. The smallest absolute Gasteiger partial charge is 0.227 e. The van der Waals surface area contributed by atoms with Crippen molar-refractivity contribution in [2.45, 2.75) is 31.4 Å². The van der Waals surface area contributed by atoms with Gasteiger partial charge in [0.2, 0.25) is 5.91 Å². The number of aryl methyl sites for hydroxylation is 1. The molecular weight excluding hydrogens is 388 g/mol. The van der Waals surface area contributed by atoms with Crippen LogP contribution in [0.25, 0.3) is 11.4 Å². The quantitative estimate of drug-likeness (QED) is 0.705. The first-order valence-corrected chi connectivity index (χ1v) is 10.8. The Morgan fingerprint density at radius 1 is 1.31 bits per heavy atom. The van der Waals surface area contributed by atoms with Gasteiger partial charge >= 0.3 is 0 Å². The van der Waals surface area contributed by atoms with Crippen LogP contribution >= 0.6 is 11.3 Å². The summed E-state index contributed by atoms with van der Waals surface area (Å²) >= 11 is 1.62. The highest BCUT2D eigenvalue weighted by Crippen LogP contribution is 2.41. The average Bonchev–Trinajstić information content (AvgIpc) is 3.47. The van der Waals surface area contributed by atoms with Crippen molar-refractivity contribution in [1.82, 2.24) is 29.4 Å². The van der Waals surface area contributed by atoms with Crippen molar-refractivity contribution in [2.24, 2.45) is 18.9 Å². The van der Waals surface area contributed by atoms with Crippen LogP contribution in [-0.2, 0) is 18.3 Å². The van der Waals surface area contributed by atoms with Crippen molar-refractivity contribution >= 4 is 17.2 Å². The standard InChI is InChI=1S/C20H24N6O2S/c1-24-12-21-8-18(24)16-11-26(23-22-16)17-5-13-9-25(10-14(13)6-19(17)27)20(28)7-15-3-2-4-29-15/h2-4,8,11-14,17,19,27H,5-7,9-10H2,1H3/t13-,14+,17-,19-/m1/s1. The molecule has 0 aromatic carbocycles. The van der Waals surface area contributed by atoms with Gasteiger partial charge in [0, 0.05) is 25.0 Å². The number of thiophene rings is 1. The fourth-order valence-corrected chi connectivity index (χ4v) is 5.43. The van der Waals surface area contributed by atoms with Crippen LogP contribution in [0.15, 0.2) is 36.2 Å². The topological polar surface area (TPSA) is 89.1 Å². The highest BCUT2D eigenvalue weighted by atomic mass is 32.1. The third-order valence-electron chi connectivity index (χ3n) is 6.30. The normalized spacial score (nSPS) is 26.6. The molecule has 1 aliphatic heterocycles. The van der Waals surface area contributed by atoms with E-state index in [2.05, 4.69) is 15.3 Å². The second kappa shape index (κ2) is 7.38. The third kappa shape index (κ3) is 3.49. The Balaban J connectivity index is 1.28. The van der Waals surface area contributed by atoms with E-state index in [1.807, 2.05) is 40.2 Å². The van der Waals surface area contributed by atoms with E-state index in [4.69, 9.17) is 0 Å². The summed E-state index contributed by atoms with van der Waals surface area (Å²) in [5, 5.41) is 21.4. The number of aromatic nitrogens is 5. The number of rotatable bonds is 4. The number of aliphatic hydroxyl groups is 1. The Morgan fingerprint density at radius 3 is 2.86 bits per heavy atom. The maximum Gasteiger partial charge on any atom is 0.227 e. The van der Waals surface area contributed by atoms with Crippen LogP contribution in [-0.4, -0.2) is 59.7 Å². The first-order chi connectivity index (χ1) is 14.1. The maximum absolute atomic E-state index is 12.7. The summed E-state index contributed by atoms with van der Waals surface area (Å²) in [7, 11) is 1.92. The van der Waals surface area contributed by atoms with Gasteiger partial charge in [0.25, 0.3) is 0 Å². The fraction of sp³-hybridized carbons (Fsp3) is 0.500. The van der Waals surface area contributed by atoms with Crippen molar-refractivity contribution in [3.63, 3.8) is 0 Å². The predicted octanol–water partition coefficient (Wildman–Crippen LogP) is 1.75. The van der Waals surface area contributed by atoms with E-state index >= 15 is 0 Å². The monoisotopic (exact) mass is 412 g/mol. The molecule has 0 bridgehead atoms. The molecule has 1 saturated heterocycles. The maximum atomic E-state index is 12.7. The molecule has 8 nitrogen and oxygen atoms in total. The van der Waals surface area contributed by atoms with Gasteiger partial charge in [-0.3, -0.25) is 4.79 Å². The van der Waals surface area contributed by atoms with Crippen LogP contribution in [0.5, 0.6) is 0 Å². The van der Waals surface area contributed by atoms with Gasteiger partial charge in [-0.25, -0.2) is 9.67 Å². The molecule has 2 fully saturated rings. The van der Waals surface area contributed by atoms with E-state index < -0.39 is 6.10 Å². The van der Waals surface area contributed by atoms with E-state index in [-0.39, 0.29) is 11.9 Å². The summed E-state index contributed by atoms with van der Waals surface area (Å²) in [6.07, 6.45) is 6.87. The summed E-state index contributed by atoms with van der Waals surface area (Å²) in [4.78, 5) is 19.9. The molecule has 0 unspecified atom stereocenters. The minimum atomic E-state index is -0.482. The van der Waals surface area contributed by atoms with E-state index in [0.717, 1.165) is 35.8 Å². The lowest BCUT2D eigenvalue weighted by molar-refractivity contribution is -0.129. The second-order valence-corrected chi connectivity index (χ2v) is 9.19. The molecule has 3 aromatic heterocycles. The third-order valence-corrected chi connectivity index (χ3v) is 7.17. The number of nitrogens with zero attached hydrogens (tertiary/aromatic N) is 6. The zero-order valence-electron chi connectivity index (χ0n) is 16.3. The fourth-order valence-electron chi connectivity index (χ4n) is 4.73. The largest absolute Gasteiger partial charge is 0.391 e. The van der Waals surface area contributed by atoms with Gasteiger partial charge in [0.1, 0.15) is 5.69 Å². The number of aliphatic hydroxyl groups excluding tert-OH is 1. The molecule has 4 heterocycles. The summed E-state index contributed by atoms with van der Waals surface area (Å²) in [5.74, 6) is 0.931. The van der Waals surface area contributed by atoms with Crippen LogP contribution in [0.1, 0.15) is 23.8 Å². The van der Waals surface area contributed by atoms with Crippen LogP contribution in [0, 0.1) is 11.8 Å². The second-order valence-electron chi connectivity index (χ2n) is 8.15. The molecule has 0 radical (unpaired) electrons.